The van der Waals surface area contributed by atoms with Crippen LogP contribution in [-0.2, 0) is 26.8 Å². The van der Waals surface area contributed by atoms with Gasteiger partial charge in [0.15, 0.2) is 5.75 Å². The first-order chi connectivity index (χ1) is 15.3. The lowest BCUT2D eigenvalue weighted by Gasteiger charge is -2.14. The molecular weight excluding hydrogens is 478 g/mol. The number of phenols is 1. The molecule has 2 heterocycles. The van der Waals surface area contributed by atoms with Crippen LogP contribution >= 0.6 is 0 Å². The van der Waals surface area contributed by atoms with Crippen molar-refractivity contribution in [2.45, 2.75) is 6.42 Å². The number of hydrogen-bond donors (Lipinski definition) is 1. The molecule has 0 bridgehead atoms. The smallest absolute Gasteiger partial charge is 0.314 e. The van der Waals surface area contributed by atoms with Crippen molar-refractivity contribution in [2.75, 3.05) is 28.2 Å². The van der Waals surface area contributed by atoms with Crippen molar-refractivity contribution >= 4 is 26.1 Å². The van der Waals surface area contributed by atoms with Gasteiger partial charge in [0.2, 0.25) is 0 Å². The van der Waals surface area contributed by atoms with Gasteiger partial charge in [0.25, 0.3) is 0 Å². The van der Waals surface area contributed by atoms with E-state index in [9.17, 15) is 32.1 Å². The number of rotatable bonds is 7. The van der Waals surface area contributed by atoms with Crippen LogP contribution < -0.4 is 0 Å². The lowest BCUT2D eigenvalue weighted by Crippen LogP contribution is -2.29. The van der Waals surface area contributed by atoms with E-state index in [0.717, 1.165) is 22.9 Å². The summed E-state index contributed by atoms with van der Waals surface area (Å²) in [5.74, 6) is -0.468. The molecule has 0 aliphatic heterocycles. The van der Waals surface area contributed by atoms with Gasteiger partial charge >= 0.3 is 26.1 Å². The van der Waals surface area contributed by atoms with E-state index in [0.29, 0.717) is 0 Å². The van der Waals surface area contributed by atoms with Crippen molar-refractivity contribution in [3.05, 3.63) is 70.8 Å². The average molecular weight is 502 g/mol. The molecule has 0 fully saturated rings. The second kappa shape index (κ2) is 10.1. The fourth-order valence-electron chi connectivity index (χ4n) is 2.52. The monoisotopic (exact) mass is 501 g/mol. The summed E-state index contributed by atoms with van der Waals surface area (Å²) in [7, 11) is -1.44. The van der Waals surface area contributed by atoms with Gasteiger partial charge in [-0.25, -0.2) is 17.9 Å². The summed E-state index contributed by atoms with van der Waals surface area (Å²) in [6, 6.07) is 4.12. The van der Waals surface area contributed by atoms with Gasteiger partial charge in [0, 0.05) is 58.8 Å². The Morgan fingerprint density at radius 3 is 2.18 bits per heavy atom. The summed E-state index contributed by atoms with van der Waals surface area (Å²) in [6.07, 6.45) is 6.43. The number of aromatic hydroxyl groups is 1. The number of phenolic OH excluding ortho intramolecular Hbond substituents is 1. The van der Waals surface area contributed by atoms with Crippen LogP contribution in [0.4, 0.5) is 5.69 Å². The lowest BCUT2D eigenvalue weighted by molar-refractivity contribution is -0.386. The Hall–Kier alpha value is -3.34. The molecule has 1 aromatic carbocycles. The summed E-state index contributed by atoms with van der Waals surface area (Å²) in [6.45, 7) is 0. The average Bonchev–Trinajstić information content (AvgIpc) is 3.40. The Bertz CT molecular complexity index is 1320. The third-order valence-electron chi connectivity index (χ3n) is 4.25. The maximum Gasteiger partial charge on any atom is 0.314 e. The van der Waals surface area contributed by atoms with Crippen LogP contribution in [-0.4, -0.2) is 81.6 Å². The van der Waals surface area contributed by atoms with E-state index in [1.54, 1.807) is 0 Å². The van der Waals surface area contributed by atoms with Crippen LogP contribution in [0, 0.1) is 10.1 Å². The Balaban J connectivity index is 0.000000294. The van der Waals surface area contributed by atoms with E-state index in [4.69, 9.17) is 0 Å². The van der Waals surface area contributed by atoms with E-state index >= 15 is 0 Å². The Labute approximate surface area is 190 Å². The van der Waals surface area contributed by atoms with Gasteiger partial charge < -0.3 is 5.11 Å². The highest BCUT2D eigenvalue weighted by molar-refractivity contribution is 7.87. The van der Waals surface area contributed by atoms with Gasteiger partial charge in [0.05, 0.1) is 10.6 Å². The first-order valence-corrected chi connectivity index (χ1v) is 11.9. The Morgan fingerprint density at radius 1 is 1.03 bits per heavy atom. The van der Waals surface area contributed by atoms with Crippen LogP contribution in [0.15, 0.2) is 49.4 Å². The number of aromatic nitrogens is 4. The summed E-state index contributed by atoms with van der Waals surface area (Å²) < 4.78 is 50.9. The molecule has 33 heavy (non-hydrogen) atoms. The predicted molar refractivity (Wildman–Crippen MR) is 118 cm³/mol. The molecule has 16 heteroatoms. The number of imidazole rings is 2. The maximum atomic E-state index is 12.2. The molecule has 3 rings (SSSR count). The van der Waals surface area contributed by atoms with E-state index in [2.05, 4.69) is 9.97 Å². The minimum Gasteiger partial charge on any atom is -0.502 e. The highest BCUT2D eigenvalue weighted by atomic mass is 32.2. The molecule has 14 nitrogen and oxygen atoms in total. The molecule has 1 N–H and O–H groups in total. The molecule has 0 spiro atoms. The van der Waals surface area contributed by atoms with Crippen LogP contribution in [0.3, 0.4) is 0 Å². The topological polar surface area (TPSA) is 174 Å². The highest BCUT2D eigenvalue weighted by Crippen LogP contribution is 2.31. The minimum absolute atomic E-state index is 0.0578. The maximum absolute atomic E-state index is 12.2. The second-order valence-corrected chi connectivity index (χ2v) is 10.9. The van der Waals surface area contributed by atoms with Gasteiger partial charge in [-0.1, -0.05) is 12.1 Å². The molecule has 0 aliphatic carbocycles. The molecule has 2 aromatic heterocycles. The number of benzene rings is 1. The second-order valence-electron chi connectivity index (χ2n) is 6.87. The Morgan fingerprint density at radius 2 is 1.67 bits per heavy atom. The Kier molecular flexibility index (Phi) is 7.91. The fraction of sp³-hybridized carbons (Fsp3) is 0.294. The number of hydrogen-bond acceptors (Lipinski definition) is 9. The third kappa shape index (κ3) is 5.72. The zero-order valence-corrected chi connectivity index (χ0v) is 19.8. The number of para-hydroxylation sites is 1. The molecule has 180 valence electrons. The molecule has 0 unspecified atom stereocenters. The minimum atomic E-state index is -3.77. The molecule has 0 aliphatic rings. The molecule has 0 atom stereocenters. The van der Waals surface area contributed by atoms with Crippen molar-refractivity contribution in [1.82, 2.24) is 26.5 Å². The highest BCUT2D eigenvalue weighted by Gasteiger charge is 2.24. The van der Waals surface area contributed by atoms with Crippen molar-refractivity contribution in [3.63, 3.8) is 0 Å². The standard InChI is InChI=1S/C12H14N4O5S.C5H9N3O2S/c1-14(2)22(20,21)15-8-13-7-10(15)6-9-4-3-5-11(17)12(9)16(18)19;1-7(2)11(9,10)8-4-3-6-5-8/h3-5,7-8,17H,6H2,1-2H3;3-5H,1-2H3. The summed E-state index contributed by atoms with van der Waals surface area (Å²) >= 11 is 0. The van der Waals surface area contributed by atoms with Crippen LogP contribution in [0.1, 0.15) is 11.3 Å². The molecule has 0 radical (unpaired) electrons. The number of nitrogens with zero attached hydrogens (tertiary/aromatic N) is 7. The molecule has 0 saturated carbocycles. The van der Waals surface area contributed by atoms with Gasteiger partial charge in [-0.2, -0.15) is 25.4 Å². The number of nitro groups is 1. The molecule has 3 aromatic rings. The van der Waals surface area contributed by atoms with Crippen LogP contribution in [0.2, 0.25) is 0 Å². The zero-order valence-electron chi connectivity index (χ0n) is 18.2. The number of nitro benzene ring substituents is 1. The quantitative estimate of drug-likeness (QED) is 0.352. The predicted octanol–water partition coefficient (Wildman–Crippen LogP) is 0.280. The van der Waals surface area contributed by atoms with E-state index < -0.39 is 36.8 Å². The fourth-order valence-corrected chi connectivity index (χ4v) is 4.21. The first kappa shape index (κ1) is 25.9. The molecular formula is C17H23N7O7S2. The summed E-state index contributed by atoms with van der Waals surface area (Å²) in [4.78, 5) is 17.8. The molecule has 0 saturated heterocycles. The molecule has 0 amide bonds. The van der Waals surface area contributed by atoms with Gasteiger partial charge in [0.1, 0.15) is 12.7 Å². The lowest BCUT2D eigenvalue weighted by atomic mass is 10.1. The van der Waals surface area contributed by atoms with Gasteiger partial charge in [-0.05, 0) is 6.07 Å². The normalized spacial score (nSPS) is 11.9. The van der Waals surface area contributed by atoms with E-state index in [1.165, 1.54) is 71.3 Å². The van der Waals surface area contributed by atoms with Crippen molar-refractivity contribution < 1.29 is 26.9 Å². The summed E-state index contributed by atoms with van der Waals surface area (Å²) in [5, 5.41) is 20.7. The van der Waals surface area contributed by atoms with Gasteiger partial charge in [-0.15, -0.1) is 0 Å². The zero-order chi connectivity index (χ0) is 25.0. The van der Waals surface area contributed by atoms with Crippen LogP contribution in [0.5, 0.6) is 5.75 Å². The third-order valence-corrected chi connectivity index (χ3v) is 7.67. The van der Waals surface area contributed by atoms with Crippen molar-refractivity contribution in [1.29, 1.82) is 0 Å². The summed E-state index contributed by atoms with van der Waals surface area (Å²) in [5.41, 5.74) is 0.000562. The van der Waals surface area contributed by atoms with E-state index in [1.807, 2.05) is 0 Å². The van der Waals surface area contributed by atoms with Crippen molar-refractivity contribution in [2.24, 2.45) is 0 Å². The van der Waals surface area contributed by atoms with E-state index in [-0.39, 0.29) is 17.7 Å². The van der Waals surface area contributed by atoms with Gasteiger partial charge in [-0.3, -0.25) is 10.1 Å². The first-order valence-electron chi connectivity index (χ1n) is 9.10. The largest absolute Gasteiger partial charge is 0.502 e. The van der Waals surface area contributed by atoms with Crippen LogP contribution in [0.25, 0.3) is 0 Å². The SMILES string of the molecule is CN(C)S(=O)(=O)n1ccnc1.CN(C)S(=O)(=O)n1cncc1Cc1cccc(O)c1[N+](=O)[O-]. The van der Waals surface area contributed by atoms with Crippen molar-refractivity contribution in [3.8, 4) is 5.75 Å².